The summed E-state index contributed by atoms with van der Waals surface area (Å²) in [5.41, 5.74) is 19.1. The van der Waals surface area contributed by atoms with Crippen molar-refractivity contribution in [2.45, 2.75) is 5.41 Å². The van der Waals surface area contributed by atoms with Crippen LogP contribution in [0.15, 0.2) is 261 Å². The zero-order valence-corrected chi connectivity index (χ0v) is 37.6. The highest BCUT2D eigenvalue weighted by Crippen LogP contribution is 2.62. The third kappa shape index (κ3) is 6.86. The molecule has 69 heavy (non-hydrogen) atoms. The second-order valence-electron chi connectivity index (χ2n) is 17.8. The molecule has 324 valence electrons. The van der Waals surface area contributed by atoms with Crippen LogP contribution in [0.2, 0.25) is 0 Å². The Balaban J connectivity index is 0.938. The number of hydrogen-bond acceptors (Lipinski definition) is 3. The number of pyridine rings is 1. The Hall–Kier alpha value is -9.05. The zero-order valence-electron chi connectivity index (χ0n) is 37.6. The lowest BCUT2D eigenvalue weighted by atomic mass is 9.68. The molecule has 10 aromatic carbocycles. The van der Waals surface area contributed by atoms with E-state index in [4.69, 9.17) is 14.5 Å². The molecule has 1 aromatic heterocycles. The van der Waals surface area contributed by atoms with Crippen LogP contribution in [0, 0.1) is 0 Å². The Bertz CT molecular complexity index is 3570. The van der Waals surface area contributed by atoms with Gasteiger partial charge in [-0.2, -0.15) is 0 Å². The van der Waals surface area contributed by atoms with E-state index in [0.29, 0.717) is 17.2 Å². The van der Waals surface area contributed by atoms with Gasteiger partial charge in [0.2, 0.25) is 0 Å². The van der Waals surface area contributed by atoms with Crippen LogP contribution < -0.4 is 9.47 Å². The maximum atomic E-state index is 7.16. The maximum absolute atomic E-state index is 7.16. The minimum Gasteiger partial charge on any atom is -0.449 e. The summed E-state index contributed by atoms with van der Waals surface area (Å²) in [5.74, 6) is 2.75. The maximum Gasteiger partial charge on any atom is 0.178 e. The number of ether oxygens (including phenoxy) is 2. The molecule has 0 amide bonds. The fourth-order valence-electron chi connectivity index (χ4n) is 10.7. The van der Waals surface area contributed by atoms with Crippen LogP contribution in [0.25, 0.3) is 78.1 Å². The van der Waals surface area contributed by atoms with Crippen LogP contribution in [0.5, 0.6) is 23.0 Å². The molecule has 11 aromatic rings. The van der Waals surface area contributed by atoms with Crippen molar-refractivity contribution in [3.05, 3.63) is 283 Å². The molecular weight excluding hydrogens is 839 g/mol. The van der Waals surface area contributed by atoms with Crippen molar-refractivity contribution in [2.24, 2.45) is 0 Å². The van der Waals surface area contributed by atoms with Crippen molar-refractivity contribution in [3.8, 4) is 101 Å². The van der Waals surface area contributed by atoms with Gasteiger partial charge >= 0.3 is 0 Å². The zero-order chi connectivity index (χ0) is 45.7. The minimum atomic E-state index is -0.556. The summed E-state index contributed by atoms with van der Waals surface area (Å²) >= 11 is 0. The first-order valence-electron chi connectivity index (χ1n) is 23.5. The van der Waals surface area contributed by atoms with E-state index in [2.05, 4.69) is 255 Å². The molecule has 0 saturated heterocycles. The lowest BCUT2D eigenvalue weighted by molar-refractivity contribution is 0.360. The highest BCUT2D eigenvalue weighted by Gasteiger charge is 2.48. The van der Waals surface area contributed by atoms with Crippen molar-refractivity contribution < 1.29 is 9.47 Å². The molecule has 0 N–H and O–H groups in total. The number of nitrogens with zero attached hydrogens (tertiary/aromatic N) is 1. The average molecular weight is 882 g/mol. The molecule has 13 rings (SSSR count). The molecule has 1 aliphatic carbocycles. The predicted octanol–water partition coefficient (Wildman–Crippen LogP) is 17.3. The lowest BCUT2D eigenvalue weighted by Crippen LogP contribution is -2.28. The molecule has 0 radical (unpaired) electrons. The van der Waals surface area contributed by atoms with Gasteiger partial charge in [-0.25, -0.2) is 4.98 Å². The third-order valence-electron chi connectivity index (χ3n) is 13.8. The summed E-state index contributed by atoms with van der Waals surface area (Å²) in [6, 6.07) is 92.6. The SMILES string of the molecule is c1ccc(-c2cccc(-c3cc(-c4cccc(-c5ccccc5)c4)nc(-c4ccccc4-c4ccc5c(c4)Oc4c(ccc6c4-c4ccccc4C6(c4ccccc4)c4ccccc4)O5)c3)c2)cc1. The van der Waals surface area contributed by atoms with Crippen molar-refractivity contribution in [2.75, 3.05) is 0 Å². The van der Waals surface area contributed by atoms with Gasteiger partial charge in [-0.3, -0.25) is 0 Å². The molecule has 2 heterocycles. The smallest absolute Gasteiger partial charge is 0.178 e. The van der Waals surface area contributed by atoms with E-state index in [9.17, 15) is 0 Å². The average Bonchev–Trinajstić information content (AvgIpc) is 3.75. The van der Waals surface area contributed by atoms with E-state index in [1.54, 1.807) is 0 Å². The van der Waals surface area contributed by atoms with Gasteiger partial charge in [0.15, 0.2) is 23.0 Å². The van der Waals surface area contributed by atoms with E-state index < -0.39 is 5.41 Å². The molecule has 0 saturated carbocycles. The summed E-state index contributed by atoms with van der Waals surface area (Å²) in [6.45, 7) is 0. The summed E-state index contributed by atoms with van der Waals surface area (Å²) in [7, 11) is 0. The highest BCUT2D eigenvalue weighted by atomic mass is 16.6. The predicted molar refractivity (Wildman–Crippen MR) is 281 cm³/mol. The number of aromatic nitrogens is 1. The quantitative estimate of drug-likeness (QED) is 0.152. The molecule has 0 fully saturated rings. The topological polar surface area (TPSA) is 31.4 Å². The summed E-state index contributed by atoms with van der Waals surface area (Å²) < 4.78 is 13.9. The molecule has 0 unspecified atom stereocenters. The molecule has 0 spiro atoms. The van der Waals surface area contributed by atoms with Gasteiger partial charge in [0.25, 0.3) is 0 Å². The molecule has 0 bridgehead atoms. The standard InChI is InChI=1S/C66H43NO2/c1-5-19-44(20-6-1)46-23-17-25-48(39-46)51-41-59(50-26-18-24-47(40-50)45-21-7-2-8-22-45)67-60(42-51)55-32-14-13-31-54(55)49-35-37-61-63(43-49)69-65-62(68-61)38-36-58-64(65)56-33-15-16-34-57(56)66(58,52-27-9-3-10-28-52)53-29-11-4-12-30-53/h1-43H. The van der Waals surface area contributed by atoms with Gasteiger partial charge in [0.1, 0.15) is 0 Å². The summed E-state index contributed by atoms with van der Waals surface area (Å²) in [4.78, 5) is 5.49. The van der Waals surface area contributed by atoms with Crippen LogP contribution in [0.4, 0.5) is 0 Å². The number of rotatable bonds is 8. The summed E-state index contributed by atoms with van der Waals surface area (Å²) in [5, 5.41) is 0. The molecule has 1 aliphatic heterocycles. The lowest BCUT2D eigenvalue weighted by Gasteiger charge is -2.34. The van der Waals surface area contributed by atoms with Crippen molar-refractivity contribution in [1.82, 2.24) is 4.98 Å². The van der Waals surface area contributed by atoms with Gasteiger partial charge < -0.3 is 9.47 Å². The van der Waals surface area contributed by atoms with Gasteiger partial charge in [0, 0.05) is 16.7 Å². The van der Waals surface area contributed by atoms with Crippen molar-refractivity contribution in [3.63, 3.8) is 0 Å². The van der Waals surface area contributed by atoms with Gasteiger partial charge in [-0.1, -0.05) is 218 Å². The molecule has 0 atom stereocenters. The number of fused-ring (bicyclic) bond motifs is 6. The Labute approximate surface area is 402 Å². The minimum absolute atomic E-state index is 0.556. The number of benzene rings is 10. The Morgan fingerprint density at radius 3 is 1.45 bits per heavy atom. The largest absolute Gasteiger partial charge is 0.449 e. The first-order chi connectivity index (χ1) is 34.2. The summed E-state index contributed by atoms with van der Waals surface area (Å²) in [6.07, 6.45) is 0. The van der Waals surface area contributed by atoms with E-state index in [1.165, 1.54) is 33.4 Å². The molecular formula is C66H43NO2. The van der Waals surface area contributed by atoms with E-state index >= 15 is 0 Å². The third-order valence-corrected chi connectivity index (χ3v) is 13.8. The second kappa shape index (κ2) is 16.7. The molecule has 3 heteroatoms. The van der Waals surface area contributed by atoms with E-state index in [1.807, 2.05) is 6.07 Å². The number of hydrogen-bond donors (Lipinski definition) is 0. The Morgan fingerprint density at radius 2 is 0.783 bits per heavy atom. The first-order valence-corrected chi connectivity index (χ1v) is 23.5. The van der Waals surface area contributed by atoms with Crippen LogP contribution in [-0.2, 0) is 5.41 Å². The normalized spacial score (nSPS) is 12.7. The van der Waals surface area contributed by atoms with Crippen LogP contribution in [0.1, 0.15) is 22.3 Å². The van der Waals surface area contributed by atoms with E-state index in [-0.39, 0.29) is 0 Å². The Kier molecular flexibility index (Phi) is 9.73. The van der Waals surface area contributed by atoms with Crippen LogP contribution in [0.3, 0.4) is 0 Å². The van der Waals surface area contributed by atoms with Crippen LogP contribution >= 0.6 is 0 Å². The van der Waals surface area contributed by atoms with Crippen molar-refractivity contribution in [1.29, 1.82) is 0 Å². The highest BCUT2D eigenvalue weighted by molar-refractivity contribution is 5.93. The van der Waals surface area contributed by atoms with Crippen molar-refractivity contribution >= 4 is 0 Å². The van der Waals surface area contributed by atoms with E-state index in [0.717, 1.165) is 72.8 Å². The Morgan fingerprint density at radius 1 is 0.275 bits per heavy atom. The second-order valence-corrected chi connectivity index (χ2v) is 17.8. The first kappa shape index (κ1) is 40.2. The van der Waals surface area contributed by atoms with Crippen LogP contribution in [-0.4, -0.2) is 4.98 Å². The monoisotopic (exact) mass is 881 g/mol. The van der Waals surface area contributed by atoms with Gasteiger partial charge in [-0.15, -0.1) is 0 Å². The van der Waals surface area contributed by atoms with Gasteiger partial charge in [-0.05, 0) is 115 Å². The fourth-order valence-corrected chi connectivity index (χ4v) is 10.7. The van der Waals surface area contributed by atoms with Gasteiger partial charge in [0.05, 0.1) is 16.8 Å². The molecule has 2 aliphatic rings. The fraction of sp³-hybridized carbons (Fsp3) is 0.0152. The molecule has 3 nitrogen and oxygen atoms in total.